The molecule has 0 aliphatic carbocycles. The Labute approximate surface area is 239 Å². The zero-order valence-electron chi connectivity index (χ0n) is 22.4. The van der Waals surface area contributed by atoms with Crippen molar-refractivity contribution in [1.29, 1.82) is 0 Å². The number of hydrogen-bond donors (Lipinski definition) is 2. The van der Waals surface area contributed by atoms with Gasteiger partial charge in [0, 0.05) is 5.56 Å². The van der Waals surface area contributed by atoms with Gasteiger partial charge < -0.3 is 19.1 Å². The summed E-state index contributed by atoms with van der Waals surface area (Å²) in [4.78, 5) is 24.0. The predicted molar refractivity (Wildman–Crippen MR) is 150 cm³/mol. The van der Waals surface area contributed by atoms with Gasteiger partial charge in [-0.25, -0.2) is 18.4 Å². The average molecular weight is 571 g/mol. The monoisotopic (exact) mass is 570 g/mol. The number of carbonyl (C=O) groups excluding carboxylic acids is 1. The highest BCUT2D eigenvalue weighted by atomic mass is 19.1. The third-order valence-corrected chi connectivity index (χ3v) is 6.45. The minimum Gasteiger partial charge on any atom is -0.478 e. The maximum absolute atomic E-state index is 15.4. The standard InChI is InChI=1S/C32H24F2N2O6/c1-18-29(35-32(39)40-19(2)20-8-4-3-5-9-20)30(42-36-18)25-17-26(33)24(16-27(25)34)21-12-14-22(15-13-21)41-28-11-7-6-10-23(28)31(37)38/h3-17,19H,1-2H3,(H,35,39)(H,37,38)/t19-/m1/s1. The number of nitrogens with one attached hydrogen (secondary N) is 1. The fraction of sp³-hybridized carbons (Fsp3) is 0.0938. The number of nitrogens with zero attached hydrogens (tertiary/aromatic N) is 1. The van der Waals surface area contributed by atoms with Gasteiger partial charge in [-0.3, -0.25) is 5.32 Å². The molecule has 8 nitrogen and oxygen atoms in total. The third kappa shape index (κ3) is 5.97. The fourth-order valence-electron chi connectivity index (χ4n) is 4.29. The molecule has 0 fully saturated rings. The summed E-state index contributed by atoms with van der Waals surface area (Å²) in [6.07, 6.45) is -1.38. The molecule has 0 saturated carbocycles. The third-order valence-electron chi connectivity index (χ3n) is 6.45. The van der Waals surface area contributed by atoms with Gasteiger partial charge in [-0.1, -0.05) is 59.8 Å². The van der Waals surface area contributed by atoms with Crippen LogP contribution in [0.25, 0.3) is 22.5 Å². The highest BCUT2D eigenvalue weighted by molar-refractivity contribution is 5.91. The number of carboxylic acid groups (broad SMARTS) is 1. The van der Waals surface area contributed by atoms with Crippen LogP contribution in [0.3, 0.4) is 0 Å². The zero-order valence-corrected chi connectivity index (χ0v) is 22.4. The molecule has 1 aromatic heterocycles. The quantitative estimate of drug-likeness (QED) is 0.193. The lowest BCUT2D eigenvalue weighted by molar-refractivity contribution is 0.0694. The van der Waals surface area contributed by atoms with Gasteiger partial charge in [0.25, 0.3) is 0 Å². The van der Waals surface area contributed by atoms with Crippen molar-refractivity contribution in [3.05, 3.63) is 119 Å². The van der Waals surface area contributed by atoms with Gasteiger partial charge in [-0.2, -0.15) is 0 Å². The molecule has 5 rings (SSSR count). The van der Waals surface area contributed by atoms with Gasteiger partial charge >= 0.3 is 12.1 Å². The smallest absolute Gasteiger partial charge is 0.412 e. The Morgan fingerprint density at radius 3 is 2.26 bits per heavy atom. The molecule has 0 spiro atoms. The van der Waals surface area contributed by atoms with Crippen molar-refractivity contribution in [3.8, 4) is 33.9 Å². The Kier molecular flexibility index (Phi) is 7.96. The number of anilines is 1. The number of benzene rings is 4. The van der Waals surface area contributed by atoms with Gasteiger partial charge in [0.1, 0.15) is 46.2 Å². The molecule has 0 aliphatic heterocycles. The van der Waals surface area contributed by atoms with Crippen LogP contribution in [0, 0.1) is 18.6 Å². The van der Waals surface area contributed by atoms with Crippen molar-refractivity contribution < 1.29 is 37.5 Å². The van der Waals surface area contributed by atoms with Crippen LogP contribution in [0.5, 0.6) is 11.5 Å². The van der Waals surface area contributed by atoms with Crippen molar-refractivity contribution in [2.75, 3.05) is 5.32 Å². The van der Waals surface area contributed by atoms with Crippen LogP contribution in [-0.4, -0.2) is 22.3 Å². The maximum atomic E-state index is 15.4. The van der Waals surface area contributed by atoms with Crippen molar-refractivity contribution in [2.45, 2.75) is 20.0 Å². The molecule has 1 amide bonds. The molecule has 0 radical (unpaired) electrons. The van der Waals surface area contributed by atoms with E-state index in [0.29, 0.717) is 11.3 Å². The fourth-order valence-corrected chi connectivity index (χ4v) is 4.29. The van der Waals surface area contributed by atoms with E-state index in [1.165, 1.54) is 36.4 Å². The molecule has 212 valence electrons. The van der Waals surface area contributed by atoms with Crippen LogP contribution in [0.2, 0.25) is 0 Å². The number of ether oxygens (including phenoxy) is 2. The second kappa shape index (κ2) is 11.9. The molecule has 5 aromatic rings. The summed E-state index contributed by atoms with van der Waals surface area (Å²) in [5.74, 6) is -2.42. The molecular formula is C32H24F2N2O6. The van der Waals surface area contributed by atoms with Gasteiger partial charge in [0.15, 0.2) is 5.76 Å². The number of amides is 1. The normalized spacial score (nSPS) is 11.5. The van der Waals surface area contributed by atoms with E-state index < -0.39 is 29.8 Å². The molecule has 42 heavy (non-hydrogen) atoms. The molecule has 2 N–H and O–H groups in total. The largest absolute Gasteiger partial charge is 0.478 e. The minimum atomic E-state index is -1.14. The SMILES string of the molecule is Cc1noc(-c2cc(F)c(-c3ccc(Oc4ccccc4C(=O)O)cc3)cc2F)c1NC(=O)O[C@H](C)c1ccccc1. The van der Waals surface area contributed by atoms with Crippen molar-refractivity contribution in [2.24, 2.45) is 0 Å². The number of aromatic nitrogens is 1. The lowest BCUT2D eigenvalue weighted by atomic mass is 10.0. The molecule has 1 atom stereocenters. The number of para-hydroxylation sites is 1. The van der Waals surface area contributed by atoms with Gasteiger partial charge in [-0.05, 0) is 61.4 Å². The van der Waals surface area contributed by atoms with E-state index in [1.807, 2.05) is 30.3 Å². The van der Waals surface area contributed by atoms with E-state index in [1.54, 1.807) is 26.0 Å². The summed E-state index contributed by atoms with van der Waals surface area (Å²) in [5.41, 5.74) is 1.14. The Balaban J connectivity index is 1.35. The van der Waals surface area contributed by atoms with Gasteiger partial charge in [0.2, 0.25) is 0 Å². The van der Waals surface area contributed by atoms with E-state index in [4.69, 9.17) is 14.0 Å². The van der Waals surface area contributed by atoms with Crippen LogP contribution in [0.15, 0.2) is 95.5 Å². The summed E-state index contributed by atoms with van der Waals surface area (Å²) < 4.78 is 47.1. The summed E-state index contributed by atoms with van der Waals surface area (Å²) in [5, 5.41) is 15.7. The van der Waals surface area contributed by atoms with E-state index in [0.717, 1.165) is 17.7 Å². The van der Waals surface area contributed by atoms with Crippen LogP contribution in [0.4, 0.5) is 19.3 Å². The molecule has 1 heterocycles. The number of halogens is 2. The van der Waals surface area contributed by atoms with Crippen LogP contribution < -0.4 is 10.1 Å². The highest BCUT2D eigenvalue weighted by Gasteiger charge is 2.24. The molecule has 0 saturated heterocycles. The molecule has 0 unspecified atom stereocenters. The maximum Gasteiger partial charge on any atom is 0.412 e. The first-order chi connectivity index (χ1) is 20.2. The first-order valence-electron chi connectivity index (χ1n) is 12.8. The van der Waals surface area contributed by atoms with Crippen LogP contribution in [0.1, 0.15) is 34.6 Å². The number of rotatable bonds is 8. The first kappa shape index (κ1) is 28.0. The average Bonchev–Trinajstić information content (AvgIpc) is 3.34. The summed E-state index contributed by atoms with van der Waals surface area (Å²) in [6, 6.07) is 23.3. The van der Waals surface area contributed by atoms with Gasteiger partial charge in [0.05, 0.1) is 5.56 Å². The number of aryl methyl sites for hydroxylation is 1. The van der Waals surface area contributed by atoms with Gasteiger partial charge in [-0.15, -0.1) is 0 Å². The van der Waals surface area contributed by atoms with E-state index >= 15 is 8.78 Å². The van der Waals surface area contributed by atoms with Crippen LogP contribution in [-0.2, 0) is 4.74 Å². The lowest BCUT2D eigenvalue weighted by Gasteiger charge is -2.14. The Bertz CT molecular complexity index is 1750. The summed E-state index contributed by atoms with van der Waals surface area (Å²) in [7, 11) is 0. The van der Waals surface area contributed by atoms with Crippen molar-refractivity contribution >= 4 is 17.7 Å². The molecule has 4 aromatic carbocycles. The zero-order chi connectivity index (χ0) is 29.8. The second-order valence-corrected chi connectivity index (χ2v) is 9.29. The Morgan fingerprint density at radius 2 is 1.55 bits per heavy atom. The molecule has 0 aliphatic rings. The molecule has 0 bridgehead atoms. The first-order valence-corrected chi connectivity index (χ1v) is 12.8. The predicted octanol–water partition coefficient (Wildman–Crippen LogP) is 8.40. The summed E-state index contributed by atoms with van der Waals surface area (Å²) >= 11 is 0. The lowest BCUT2D eigenvalue weighted by Crippen LogP contribution is -2.16. The van der Waals surface area contributed by atoms with Crippen molar-refractivity contribution in [1.82, 2.24) is 5.16 Å². The number of aromatic carboxylic acids is 1. The number of hydrogen-bond acceptors (Lipinski definition) is 6. The van der Waals surface area contributed by atoms with Crippen LogP contribution >= 0.6 is 0 Å². The highest BCUT2D eigenvalue weighted by Crippen LogP contribution is 2.37. The number of carboxylic acids is 1. The Hall–Kier alpha value is -5.51. The summed E-state index contributed by atoms with van der Waals surface area (Å²) in [6.45, 7) is 3.25. The molecular weight excluding hydrogens is 546 g/mol. The molecule has 10 heteroatoms. The minimum absolute atomic E-state index is 0.0132. The second-order valence-electron chi connectivity index (χ2n) is 9.29. The topological polar surface area (TPSA) is 111 Å². The van der Waals surface area contributed by atoms with E-state index in [-0.39, 0.29) is 39.6 Å². The van der Waals surface area contributed by atoms with E-state index in [2.05, 4.69) is 10.5 Å². The van der Waals surface area contributed by atoms with E-state index in [9.17, 15) is 14.7 Å². The number of carbonyl (C=O) groups is 2. The van der Waals surface area contributed by atoms with Crippen molar-refractivity contribution in [3.63, 3.8) is 0 Å². The Morgan fingerprint density at radius 1 is 0.905 bits per heavy atom.